The lowest BCUT2D eigenvalue weighted by Gasteiger charge is -2.28. The van der Waals surface area contributed by atoms with Gasteiger partial charge in [-0.05, 0) is 48.7 Å². The van der Waals surface area contributed by atoms with Crippen LogP contribution >= 0.6 is 0 Å². The highest BCUT2D eigenvalue weighted by atomic mass is 32.2. The van der Waals surface area contributed by atoms with Crippen LogP contribution in [0.2, 0.25) is 0 Å². The third-order valence-corrected chi connectivity index (χ3v) is 8.63. The number of hydrogen-bond donors (Lipinski definition) is 2. The summed E-state index contributed by atoms with van der Waals surface area (Å²) in [5, 5.41) is 14.3. The van der Waals surface area contributed by atoms with E-state index < -0.39 is 16.3 Å². The third-order valence-electron chi connectivity index (χ3n) is 6.74. The summed E-state index contributed by atoms with van der Waals surface area (Å²) in [6, 6.07) is 22.3. The molecule has 37 heavy (non-hydrogen) atoms. The van der Waals surface area contributed by atoms with Gasteiger partial charge < -0.3 is 24.8 Å². The average Bonchev–Trinajstić information content (AvgIpc) is 3.48. The van der Waals surface area contributed by atoms with E-state index in [0.29, 0.717) is 49.9 Å². The molecule has 0 saturated carbocycles. The molecule has 8 nitrogen and oxygen atoms in total. The second-order valence-electron chi connectivity index (χ2n) is 9.28. The third kappa shape index (κ3) is 6.07. The van der Waals surface area contributed by atoms with Crippen molar-refractivity contribution < 1.29 is 23.0 Å². The minimum atomic E-state index is -3.67. The van der Waals surface area contributed by atoms with Crippen molar-refractivity contribution in [2.24, 2.45) is 0 Å². The summed E-state index contributed by atoms with van der Waals surface area (Å²) in [6.45, 7) is 3.64. The van der Waals surface area contributed by atoms with Crippen molar-refractivity contribution in [2.45, 2.75) is 30.6 Å². The molecular weight excluding hydrogens is 490 g/mol. The van der Waals surface area contributed by atoms with Crippen LogP contribution < -0.4 is 15.0 Å². The molecule has 0 aromatic heterocycles. The van der Waals surface area contributed by atoms with E-state index in [1.807, 2.05) is 54.6 Å². The predicted octanol–water partition coefficient (Wildman–Crippen LogP) is 3.99. The summed E-state index contributed by atoms with van der Waals surface area (Å²) in [5.41, 5.74) is 3.15. The van der Waals surface area contributed by atoms with E-state index in [9.17, 15) is 13.5 Å². The fourth-order valence-corrected chi connectivity index (χ4v) is 6.14. The normalized spacial score (nSPS) is 17.5. The molecule has 9 heteroatoms. The monoisotopic (exact) mass is 523 g/mol. The molecule has 1 atom stereocenters. The fraction of sp³-hybridized carbons (Fsp3) is 0.357. The van der Waals surface area contributed by atoms with Gasteiger partial charge in [-0.1, -0.05) is 42.5 Å². The van der Waals surface area contributed by atoms with E-state index >= 15 is 0 Å². The van der Waals surface area contributed by atoms with Crippen LogP contribution in [-0.2, 0) is 21.4 Å². The van der Waals surface area contributed by atoms with Crippen molar-refractivity contribution in [3.63, 3.8) is 0 Å². The number of nitrogens with zero attached hydrogens (tertiary/aromatic N) is 2. The summed E-state index contributed by atoms with van der Waals surface area (Å²) >= 11 is 0. The van der Waals surface area contributed by atoms with Gasteiger partial charge in [-0.15, -0.1) is 0 Å². The van der Waals surface area contributed by atoms with E-state index in [0.717, 1.165) is 37.2 Å². The zero-order valence-corrected chi connectivity index (χ0v) is 21.6. The fourth-order valence-electron chi connectivity index (χ4n) is 4.71. The maximum atomic E-state index is 13.3. The Hall–Kier alpha value is -3.11. The summed E-state index contributed by atoms with van der Waals surface area (Å²) in [7, 11) is -3.67. The van der Waals surface area contributed by atoms with E-state index in [4.69, 9.17) is 9.47 Å². The highest BCUT2D eigenvalue weighted by molar-refractivity contribution is 7.89. The van der Waals surface area contributed by atoms with Crippen molar-refractivity contribution >= 4 is 21.4 Å². The number of aliphatic hydroxyl groups excluding tert-OH is 1. The van der Waals surface area contributed by atoms with Gasteiger partial charge in [0.05, 0.1) is 29.5 Å². The van der Waals surface area contributed by atoms with Crippen molar-refractivity contribution in [1.29, 1.82) is 0 Å². The zero-order chi connectivity index (χ0) is 25.7. The Bertz CT molecular complexity index is 1290. The van der Waals surface area contributed by atoms with E-state index in [1.165, 1.54) is 4.31 Å². The number of aliphatic hydroxyl groups is 1. The van der Waals surface area contributed by atoms with Crippen molar-refractivity contribution in [3.8, 4) is 5.75 Å². The molecule has 5 rings (SSSR count). The number of sulfonamides is 1. The topological polar surface area (TPSA) is 91.3 Å². The molecule has 2 saturated heterocycles. The standard InChI is InChI=1S/C28H33N3O5S/c32-28(23-9-6-10-24(19-23)36-21-22-7-2-1-3-8-22)29-26-20-25(11-12-27(26)30-13-4-5-14-30)37(33,34)31-15-17-35-18-16-31/h1-3,6-12,19-20,28-29,32H,4-5,13-18,21H2/t28-/m0/s1. The molecule has 0 spiro atoms. The molecule has 0 unspecified atom stereocenters. The van der Waals surface area contributed by atoms with Crippen LogP contribution in [-0.4, -0.2) is 57.2 Å². The summed E-state index contributed by atoms with van der Waals surface area (Å²) in [4.78, 5) is 2.42. The first-order chi connectivity index (χ1) is 18.0. The van der Waals surface area contributed by atoms with Crippen LogP contribution in [0.5, 0.6) is 5.75 Å². The molecule has 2 fully saturated rings. The smallest absolute Gasteiger partial charge is 0.243 e. The first-order valence-corrected chi connectivity index (χ1v) is 14.1. The lowest BCUT2D eigenvalue weighted by molar-refractivity contribution is 0.0730. The van der Waals surface area contributed by atoms with Crippen LogP contribution in [0, 0.1) is 0 Å². The molecule has 3 aromatic carbocycles. The quantitative estimate of drug-likeness (QED) is 0.410. The van der Waals surface area contributed by atoms with Crippen molar-refractivity contribution in [1.82, 2.24) is 4.31 Å². The molecule has 2 aliphatic rings. The van der Waals surface area contributed by atoms with E-state index in [-0.39, 0.29) is 4.90 Å². The van der Waals surface area contributed by atoms with E-state index in [2.05, 4.69) is 10.2 Å². The van der Waals surface area contributed by atoms with Gasteiger partial charge in [0.15, 0.2) is 6.23 Å². The Kier molecular flexibility index (Phi) is 7.95. The Morgan fingerprint density at radius 2 is 1.68 bits per heavy atom. The average molecular weight is 524 g/mol. The minimum Gasteiger partial charge on any atom is -0.489 e. The van der Waals surface area contributed by atoms with Crippen molar-refractivity contribution in [2.75, 3.05) is 49.6 Å². The van der Waals surface area contributed by atoms with Gasteiger partial charge in [-0.25, -0.2) is 8.42 Å². The first-order valence-electron chi connectivity index (χ1n) is 12.7. The van der Waals surface area contributed by atoms with Crippen LogP contribution in [0.25, 0.3) is 0 Å². The Morgan fingerprint density at radius 1 is 0.919 bits per heavy atom. The zero-order valence-electron chi connectivity index (χ0n) is 20.8. The van der Waals surface area contributed by atoms with Crippen LogP contribution in [0.1, 0.15) is 30.2 Å². The lowest BCUT2D eigenvalue weighted by Crippen LogP contribution is -2.40. The number of benzene rings is 3. The van der Waals surface area contributed by atoms with Crippen LogP contribution in [0.3, 0.4) is 0 Å². The molecule has 0 aliphatic carbocycles. The maximum Gasteiger partial charge on any atom is 0.243 e. The number of rotatable bonds is 9. The molecule has 0 radical (unpaired) electrons. The number of morpholine rings is 1. The number of ether oxygens (including phenoxy) is 2. The molecule has 3 aromatic rings. The van der Waals surface area contributed by atoms with Gasteiger partial charge in [-0.2, -0.15) is 4.31 Å². The molecular formula is C28H33N3O5S. The molecule has 0 amide bonds. The van der Waals surface area contributed by atoms with E-state index in [1.54, 1.807) is 18.2 Å². The number of anilines is 2. The Balaban J connectivity index is 1.38. The second kappa shape index (κ2) is 11.5. The predicted molar refractivity (Wildman–Crippen MR) is 143 cm³/mol. The van der Waals surface area contributed by atoms with Gasteiger partial charge >= 0.3 is 0 Å². The number of nitrogens with one attached hydrogen (secondary N) is 1. The summed E-state index contributed by atoms with van der Waals surface area (Å²) in [5.74, 6) is 0.644. The minimum absolute atomic E-state index is 0.201. The molecule has 0 bridgehead atoms. The lowest BCUT2D eigenvalue weighted by atomic mass is 10.1. The van der Waals surface area contributed by atoms with Crippen LogP contribution in [0.4, 0.5) is 11.4 Å². The highest BCUT2D eigenvalue weighted by Gasteiger charge is 2.28. The molecule has 196 valence electrons. The number of hydrogen-bond acceptors (Lipinski definition) is 7. The Morgan fingerprint density at radius 3 is 2.43 bits per heavy atom. The molecule has 2 aliphatic heterocycles. The second-order valence-corrected chi connectivity index (χ2v) is 11.2. The van der Waals surface area contributed by atoms with Gasteiger partial charge in [0.1, 0.15) is 12.4 Å². The van der Waals surface area contributed by atoms with Crippen LogP contribution in [0.15, 0.2) is 77.7 Å². The first kappa shape index (κ1) is 25.5. The highest BCUT2D eigenvalue weighted by Crippen LogP contribution is 2.34. The summed E-state index contributed by atoms with van der Waals surface area (Å²) < 4.78 is 39.3. The van der Waals surface area contributed by atoms with Crippen molar-refractivity contribution in [3.05, 3.63) is 83.9 Å². The van der Waals surface area contributed by atoms with Gasteiger partial charge in [0, 0.05) is 31.7 Å². The largest absolute Gasteiger partial charge is 0.489 e. The summed E-state index contributed by atoms with van der Waals surface area (Å²) in [6.07, 6.45) is 1.11. The molecule has 2 heterocycles. The van der Waals surface area contributed by atoms with Gasteiger partial charge in [0.25, 0.3) is 0 Å². The maximum absolute atomic E-state index is 13.3. The molecule has 2 N–H and O–H groups in total. The van der Waals surface area contributed by atoms with Gasteiger partial charge in [-0.3, -0.25) is 0 Å². The van der Waals surface area contributed by atoms with Gasteiger partial charge in [0.2, 0.25) is 10.0 Å². The SMILES string of the molecule is O=S(=O)(c1ccc(N2CCCC2)c(N[C@@H](O)c2cccc(OCc3ccccc3)c2)c1)N1CCOCC1. The Labute approximate surface area is 218 Å².